The number of aromatic nitrogens is 3. The minimum atomic E-state index is -0.188. The molecule has 0 saturated heterocycles. The van der Waals surface area contributed by atoms with Gasteiger partial charge in [0.15, 0.2) is 5.76 Å². The number of hydrogen-bond donors (Lipinski definition) is 1. The van der Waals surface area contributed by atoms with Crippen molar-refractivity contribution >= 4 is 5.82 Å². The van der Waals surface area contributed by atoms with Crippen molar-refractivity contribution < 1.29 is 9.63 Å². The molecule has 1 aliphatic carbocycles. The van der Waals surface area contributed by atoms with Crippen LogP contribution in [0.2, 0.25) is 0 Å². The van der Waals surface area contributed by atoms with Gasteiger partial charge in [0.05, 0.1) is 12.6 Å². The number of nitrogens with zero attached hydrogens (tertiary/aromatic N) is 4. The summed E-state index contributed by atoms with van der Waals surface area (Å²) in [6.07, 6.45) is 2.96. The highest BCUT2D eigenvalue weighted by molar-refractivity contribution is 5.58. The van der Waals surface area contributed by atoms with Gasteiger partial charge >= 0.3 is 0 Å². The molecule has 2 aromatic heterocycles. The lowest BCUT2D eigenvalue weighted by molar-refractivity contribution is 0.0732. The second-order valence-corrected chi connectivity index (χ2v) is 6.52. The van der Waals surface area contributed by atoms with Crippen LogP contribution in [0.1, 0.15) is 30.2 Å². The molecule has 25 heavy (non-hydrogen) atoms. The van der Waals surface area contributed by atoms with Crippen LogP contribution in [0.4, 0.5) is 5.82 Å². The SMILES string of the molecule is CN(Cc1cc(-c2ccccc2)no1)c1cc(C2CC(O)C2)ncn1. The van der Waals surface area contributed by atoms with E-state index in [9.17, 15) is 5.11 Å². The fourth-order valence-corrected chi connectivity index (χ4v) is 3.07. The van der Waals surface area contributed by atoms with Crippen LogP contribution in [0.15, 0.2) is 53.3 Å². The summed E-state index contributed by atoms with van der Waals surface area (Å²) in [5, 5.41) is 13.6. The average Bonchev–Trinajstić information content (AvgIpc) is 3.08. The van der Waals surface area contributed by atoms with Crippen LogP contribution < -0.4 is 4.90 Å². The van der Waals surface area contributed by atoms with E-state index >= 15 is 0 Å². The molecule has 0 bridgehead atoms. The monoisotopic (exact) mass is 336 g/mol. The van der Waals surface area contributed by atoms with Gasteiger partial charge < -0.3 is 14.5 Å². The zero-order valence-corrected chi connectivity index (χ0v) is 14.0. The lowest BCUT2D eigenvalue weighted by Gasteiger charge is -2.31. The predicted octanol–water partition coefficient (Wildman–Crippen LogP) is 3.01. The fourth-order valence-electron chi connectivity index (χ4n) is 3.07. The standard InChI is InChI=1S/C19H20N4O2/c1-23(19-10-17(20-12-21-19)14-7-15(24)8-14)11-16-9-18(22-25-16)13-5-3-2-4-6-13/h2-6,9-10,12,14-15,24H,7-8,11H2,1H3. The van der Waals surface area contributed by atoms with Crippen molar-refractivity contribution in [3.8, 4) is 11.3 Å². The Morgan fingerprint density at radius 3 is 2.72 bits per heavy atom. The first-order valence-corrected chi connectivity index (χ1v) is 8.41. The first-order valence-electron chi connectivity index (χ1n) is 8.41. The van der Waals surface area contributed by atoms with Crippen LogP contribution in [-0.4, -0.2) is 33.4 Å². The van der Waals surface area contributed by atoms with Gasteiger partial charge in [-0.2, -0.15) is 0 Å². The maximum Gasteiger partial charge on any atom is 0.156 e. The summed E-state index contributed by atoms with van der Waals surface area (Å²) < 4.78 is 5.47. The van der Waals surface area contributed by atoms with E-state index in [0.29, 0.717) is 12.5 Å². The molecule has 1 fully saturated rings. The van der Waals surface area contributed by atoms with Gasteiger partial charge in [-0.1, -0.05) is 35.5 Å². The molecule has 6 nitrogen and oxygen atoms in total. The molecule has 6 heteroatoms. The second kappa shape index (κ2) is 6.64. The molecule has 0 radical (unpaired) electrons. The van der Waals surface area contributed by atoms with Crippen molar-refractivity contribution in [1.82, 2.24) is 15.1 Å². The van der Waals surface area contributed by atoms with Gasteiger partial charge in [0.25, 0.3) is 0 Å². The maximum atomic E-state index is 9.48. The van der Waals surface area contributed by atoms with Crippen molar-refractivity contribution in [1.29, 1.82) is 0 Å². The smallest absolute Gasteiger partial charge is 0.156 e. The zero-order valence-electron chi connectivity index (χ0n) is 14.0. The van der Waals surface area contributed by atoms with Gasteiger partial charge in [-0.3, -0.25) is 0 Å². The van der Waals surface area contributed by atoms with E-state index in [-0.39, 0.29) is 6.10 Å². The van der Waals surface area contributed by atoms with E-state index in [1.165, 1.54) is 0 Å². The van der Waals surface area contributed by atoms with Crippen LogP contribution in [-0.2, 0) is 6.54 Å². The molecule has 0 amide bonds. The van der Waals surface area contributed by atoms with Crippen molar-refractivity contribution in [3.63, 3.8) is 0 Å². The van der Waals surface area contributed by atoms with Crippen molar-refractivity contribution in [2.24, 2.45) is 0 Å². The Morgan fingerprint density at radius 1 is 1.16 bits per heavy atom. The molecule has 128 valence electrons. The Bertz CT molecular complexity index is 843. The summed E-state index contributed by atoms with van der Waals surface area (Å²) in [5.74, 6) is 1.95. The van der Waals surface area contributed by atoms with E-state index in [4.69, 9.17) is 4.52 Å². The third-order valence-corrected chi connectivity index (χ3v) is 4.62. The highest BCUT2D eigenvalue weighted by atomic mass is 16.5. The lowest BCUT2D eigenvalue weighted by Crippen LogP contribution is -2.27. The van der Waals surface area contributed by atoms with Crippen molar-refractivity contribution in [2.45, 2.75) is 31.4 Å². The van der Waals surface area contributed by atoms with Gasteiger partial charge in [0, 0.05) is 36.4 Å². The first-order chi connectivity index (χ1) is 12.2. The number of hydrogen-bond acceptors (Lipinski definition) is 6. The molecule has 1 aromatic carbocycles. The molecule has 0 unspecified atom stereocenters. The number of aliphatic hydroxyl groups excluding tert-OH is 1. The largest absolute Gasteiger partial charge is 0.393 e. The summed E-state index contributed by atoms with van der Waals surface area (Å²) in [5.41, 5.74) is 2.86. The van der Waals surface area contributed by atoms with E-state index < -0.39 is 0 Å². The minimum Gasteiger partial charge on any atom is -0.393 e. The molecule has 0 aliphatic heterocycles. The van der Waals surface area contributed by atoms with E-state index in [1.807, 2.05) is 54.4 Å². The van der Waals surface area contributed by atoms with Crippen molar-refractivity contribution in [3.05, 3.63) is 60.2 Å². The van der Waals surface area contributed by atoms with Crippen LogP contribution in [0.3, 0.4) is 0 Å². The minimum absolute atomic E-state index is 0.188. The molecule has 1 N–H and O–H groups in total. The van der Waals surface area contributed by atoms with Gasteiger partial charge in [0.2, 0.25) is 0 Å². The topological polar surface area (TPSA) is 75.3 Å². The molecular formula is C19H20N4O2. The fraction of sp³-hybridized carbons (Fsp3) is 0.316. The molecule has 1 aliphatic rings. The Kier molecular flexibility index (Phi) is 4.19. The highest BCUT2D eigenvalue weighted by Crippen LogP contribution is 2.36. The molecular weight excluding hydrogens is 316 g/mol. The Labute approximate surface area is 146 Å². The summed E-state index contributed by atoms with van der Waals surface area (Å²) in [7, 11) is 1.96. The number of rotatable bonds is 5. The van der Waals surface area contributed by atoms with Gasteiger partial charge in [-0.05, 0) is 12.8 Å². The summed E-state index contributed by atoms with van der Waals surface area (Å²) in [6, 6.07) is 13.9. The molecule has 3 aromatic rings. The molecule has 0 atom stereocenters. The van der Waals surface area contributed by atoms with E-state index in [0.717, 1.165) is 41.4 Å². The summed E-state index contributed by atoms with van der Waals surface area (Å²) in [4.78, 5) is 10.7. The lowest BCUT2D eigenvalue weighted by atomic mass is 9.80. The number of anilines is 1. The number of aliphatic hydroxyl groups is 1. The Balaban J connectivity index is 1.46. The third kappa shape index (κ3) is 3.39. The Morgan fingerprint density at radius 2 is 1.96 bits per heavy atom. The van der Waals surface area contributed by atoms with E-state index in [2.05, 4.69) is 15.1 Å². The van der Waals surface area contributed by atoms with Gasteiger partial charge in [-0.25, -0.2) is 9.97 Å². The molecule has 4 rings (SSSR count). The molecule has 2 heterocycles. The van der Waals surface area contributed by atoms with Crippen molar-refractivity contribution in [2.75, 3.05) is 11.9 Å². The van der Waals surface area contributed by atoms with Gasteiger partial charge in [-0.15, -0.1) is 0 Å². The van der Waals surface area contributed by atoms with Crippen LogP contribution in [0, 0.1) is 0 Å². The normalized spacial score (nSPS) is 19.4. The quantitative estimate of drug-likeness (QED) is 0.772. The van der Waals surface area contributed by atoms with E-state index in [1.54, 1.807) is 6.33 Å². The summed E-state index contributed by atoms with van der Waals surface area (Å²) >= 11 is 0. The molecule has 1 saturated carbocycles. The third-order valence-electron chi connectivity index (χ3n) is 4.62. The van der Waals surface area contributed by atoms with Crippen LogP contribution in [0.25, 0.3) is 11.3 Å². The van der Waals surface area contributed by atoms with Crippen LogP contribution in [0.5, 0.6) is 0 Å². The maximum absolute atomic E-state index is 9.48. The Hall–Kier alpha value is -2.73. The predicted molar refractivity (Wildman–Crippen MR) is 94.1 cm³/mol. The van der Waals surface area contributed by atoms with Gasteiger partial charge in [0.1, 0.15) is 17.8 Å². The second-order valence-electron chi connectivity index (χ2n) is 6.52. The molecule has 0 spiro atoms. The highest BCUT2D eigenvalue weighted by Gasteiger charge is 2.30. The first kappa shape index (κ1) is 15.8. The van der Waals surface area contributed by atoms with Crippen LogP contribution >= 0.6 is 0 Å². The zero-order chi connectivity index (χ0) is 17.2. The summed E-state index contributed by atoms with van der Waals surface area (Å²) in [6.45, 7) is 0.573. The number of benzene rings is 1. The average molecular weight is 336 g/mol.